The van der Waals surface area contributed by atoms with Crippen molar-refractivity contribution in [1.29, 1.82) is 0 Å². The number of halogens is 1. The molecular weight excluding hydrogens is 303 g/mol. The summed E-state index contributed by atoms with van der Waals surface area (Å²) >= 11 is 0. The lowest BCUT2D eigenvalue weighted by Crippen LogP contribution is -2.49. The Hall–Kier alpha value is -2.27. The van der Waals surface area contributed by atoms with E-state index in [1.165, 1.54) is 6.07 Å². The Labute approximate surface area is 142 Å². The minimum Gasteiger partial charge on any atom is -0.353 e. The first-order chi connectivity index (χ1) is 11.6. The van der Waals surface area contributed by atoms with Crippen molar-refractivity contribution in [3.8, 4) is 0 Å². The zero-order valence-corrected chi connectivity index (χ0v) is 14.4. The molecule has 1 fully saturated rings. The molecule has 1 saturated heterocycles. The summed E-state index contributed by atoms with van der Waals surface area (Å²) in [6.07, 6.45) is 3.54. The van der Waals surface area contributed by atoms with Crippen molar-refractivity contribution in [2.24, 2.45) is 0 Å². The number of aryl methyl sites for hydroxylation is 1. The highest BCUT2D eigenvalue weighted by Crippen LogP contribution is 2.33. The van der Waals surface area contributed by atoms with Crippen LogP contribution in [0.5, 0.6) is 0 Å². The minimum atomic E-state index is -0.228. The molecule has 0 saturated carbocycles. The summed E-state index contributed by atoms with van der Waals surface area (Å²) < 4.78 is 14.4. The van der Waals surface area contributed by atoms with E-state index in [0.29, 0.717) is 11.6 Å². The lowest BCUT2D eigenvalue weighted by molar-refractivity contribution is 0.482. The van der Waals surface area contributed by atoms with Crippen molar-refractivity contribution < 1.29 is 4.39 Å². The maximum absolute atomic E-state index is 14.4. The third kappa shape index (κ3) is 3.17. The molecule has 4 nitrogen and oxygen atoms in total. The normalized spacial score (nSPS) is 18.8. The molecule has 0 spiro atoms. The van der Waals surface area contributed by atoms with E-state index in [2.05, 4.69) is 27.1 Å². The van der Waals surface area contributed by atoms with Crippen molar-refractivity contribution in [2.45, 2.75) is 26.8 Å². The maximum atomic E-state index is 14.4. The molecule has 0 amide bonds. The first-order valence-electron chi connectivity index (χ1n) is 8.33. The average molecular weight is 326 g/mol. The minimum absolute atomic E-state index is 0.228. The number of rotatable bonds is 3. The van der Waals surface area contributed by atoms with Crippen molar-refractivity contribution >= 4 is 11.4 Å². The van der Waals surface area contributed by atoms with Gasteiger partial charge in [0, 0.05) is 36.8 Å². The van der Waals surface area contributed by atoms with E-state index in [1.54, 1.807) is 18.5 Å². The smallest absolute Gasteiger partial charge is 0.140 e. The summed E-state index contributed by atoms with van der Waals surface area (Å²) in [5, 5.41) is 3.44. The second-order valence-electron chi connectivity index (χ2n) is 6.14. The zero-order chi connectivity index (χ0) is 17.1. The van der Waals surface area contributed by atoms with Gasteiger partial charge in [0.15, 0.2) is 0 Å². The second kappa shape index (κ2) is 7.09. The molecule has 0 radical (unpaired) electrons. The number of allylic oxidation sites excluding steroid dienone is 1. The van der Waals surface area contributed by atoms with Gasteiger partial charge in [0.1, 0.15) is 18.0 Å². The largest absolute Gasteiger partial charge is 0.353 e. The second-order valence-corrected chi connectivity index (χ2v) is 6.14. The monoisotopic (exact) mass is 326 g/mol. The molecule has 2 heterocycles. The molecule has 1 aliphatic heterocycles. The van der Waals surface area contributed by atoms with E-state index >= 15 is 0 Å². The maximum Gasteiger partial charge on any atom is 0.140 e. The summed E-state index contributed by atoms with van der Waals surface area (Å²) in [5.74, 6) is 0.653. The molecule has 1 N–H and O–H groups in total. The van der Waals surface area contributed by atoms with E-state index in [-0.39, 0.29) is 5.82 Å². The number of anilines is 1. The Kier molecular flexibility index (Phi) is 4.90. The third-order valence-electron chi connectivity index (χ3n) is 4.41. The fraction of sp³-hybridized carbons (Fsp3) is 0.368. The predicted octanol–water partition coefficient (Wildman–Crippen LogP) is 3.17. The standard InChI is InChI=1S/C19H23FN4/c1-4-15(16-7-5-6-8-17(16)20)18-14(3)22-12-23-19(18)24-10-9-21-13(2)11-24/h4-8,12-13,21H,9-11H2,1-3H3/b15-4-. The van der Waals surface area contributed by atoms with Crippen LogP contribution in [-0.2, 0) is 0 Å². The van der Waals surface area contributed by atoms with Crippen molar-refractivity contribution in [3.05, 3.63) is 59.3 Å². The van der Waals surface area contributed by atoms with Crippen molar-refractivity contribution in [3.63, 3.8) is 0 Å². The highest BCUT2D eigenvalue weighted by atomic mass is 19.1. The molecule has 1 atom stereocenters. The van der Waals surface area contributed by atoms with Gasteiger partial charge in [-0.3, -0.25) is 0 Å². The van der Waals surface area contributed by atoms with Gasteiger partial charge in [-0.05, 0) is 32.4 Å². The summed E-state index contributed by atoms with van der Waals surface area (Å²) in [6, 6.07) is 7.25. The van der Waals surface area contributed by atoms with E-state index in [9.17, 15) is 4.39 Å². The van der Waals surface area contributed by atoms with Gasteiger partial charge in [0.05, 0.1) is 5.69 Å². The van der Waals surface area contributed by atoms with Crippen LogP contribution in [-0.4, -0.2) is 35.6 Å². The van der Waals surface area contributed by atoms with Gasteiger partial charge in [0.25, 0.3) is 0 Å². The Morgan fingerprint density at radius 2 is 2.12 bits per heavy atom. The van der Waals surface area contributed by atoms with Crippen LogP contribution in [0, 0.1) is 12.7 Å². The van der Waals surface area contributed by atoms with Crippen LogP contribution >= 0.6 is 0 Å². The lowest BCUT2D eigenvalue weighted by atomic mass is 9.95. The van der Waals surface area contributed by atoms with Crippen molar-refractivity contribution in [2.75, 3.05) is 24.5 Å². The molecular formula is C19H23FN4. The number of nitrogens with zero attached hydrogens (tertiary/aromatic N) is 3. The first kappa shape index (κ1) is 16.6. The number of nitrogens with one attached hydrogen (secondary N) is 1. The predicted molar refractivity (Wildman–Crippen MR) is 95.6 cm³/mol. The van der Waals surface area contributed by atoms with Gasteiger partial charge in [-0.1, -0.05) is 24.3 Å². The van der Waals surface area contributed by atoms with Crippen LogP contribution in [0.4, 0.5) is 10.2 Å². The highest BCUT2D eigenvalue weighted by molar-refractivity contribution is 5.86. The SMILES string of the molecule is C/C=C(/c1ccccc1F)c1c(C)ncnc1N1CCNC(C)C1. The zero-order valence-electron chi connectivity index (χ0n) is 14.4. The van der Waals surface area contributed by atoms with E-state index < -0.39 is 0 Å². The number of hydrogen-bond donors (Lipinski definition) is 1. The molecule has 1 aliphatic rings. The van der Waals surface area contributed by atoms with E-state index in [0.717, 1.165) is 42.3 Å². The highest BCUT2D eigenvalue weighted by Gasteiger charge is 2.24. The van der Waals surface area contributed by atoms with Crippen LogP contribution < -0.4 is 10.2 Å². The lowest BCUT2D eigenvalue weighted by Gasteiger charge is -2.34. The van der Waals surface area contributed by atoms with Gasteiger partial charge in [-0.15, -0.1) is 0 Å². The molecule has 3 rings (SSSR count). The molecule has 2 aromatic rings. The first-order valence-corrected chi connectivity index (χ1v) is 8.33. The van der Waals surface area contributed by atoms with E-state index in [1.807, 2.05) is 26.0 Å². The Morgan fingerprint density at radius 1 is 1.33 bits per heavy atom. The number of hydrogen-bond acceptors (Lipinski definition) is 4. The van der Waals surface area contributed by atoms with E-state index in [4.69, 9.17) is 0 Å². The fourth-order valence-electron chi connectivity index (χ4n) is 3.26. The third-order valence-corrected chi connectivity index (χ3v) is 4.41. The quantitative estimate of drug-likeness (QED) is 0.940. The van der Waals surface area contributed by atoms with Crippen LogP contribution in [0.2, 0.25) is 0 Å². The van der Waals surface area contributed by atoms with Crippen molar-refractivity contribution in [1.82, 2.24) is 15.3 Å². The Balaban J connectivity index is 2.11. The summed E-state index contributed by atoms with van der Waals surface area (Å²) in [4.78, 5) is 11.2. The average Bonchev–Trinajstić information content (AvgIpc) is 2.58. The number of piperazine rings is 1. The molecule has 0 aliphatic carbocycles. The van der Waals surface area contributed by atoms with Gasteiger partial charge < -0.3 is 10.2 Å². The van der Waals surface area contributed by atoms with Crippen LogP contribution in [0.15, 0.2) is 36.7 Å². The summed E-state index contributed by atoms with van der Waals surface area (Å²) in [5.41, 5.74) is 3.21. The topological polar surface area (TPSA) is 41.1 Å². The number of benzene rings is 1. The van der Waals surface area contributed by atoms with Gasteiger partial charge in [-0.2, -0.15) is 0 Å². The number of aromatic nitrogens is 2. The molecule has 1 aromatic carbocycles. The molecule has 5 heteroatoms. The molecule has 126 valence electrons. The molecule has 0 bridgehead atoms. The molecule has 24 heavy (non-hydrogen) atoms. The summed E-state index contributed by atoms with van der Waals surface area (Å²) in [6.45, 7) is 8.70. The fourth-order valence-corrected chi connectivity index (χ4v) is 3.26. The Morgan fingerprint density at radius 3 is 2.83 bits per heavy atom. The van der Waals surface area contributed by atoms with Gasteiger partial charge in [0.2, 0.25) is 0 Å². The van der Waals surface area contributed by atoms with Crippen LogP contribution in [0.3, 0.4) is 0 Å². The molecule has 1 unspecified atom stereocenters. The van der Waals surface area contributed by atoms with Crippen LogP contribution in [0.1, 0.15) is 30.7 Å². The van der Waals surface area contributed by atoms with Gasteiger partial charge in [-0.25, -0.2) is 14.4 Å². The van der Waals surface area contributed by atoms with Gasteiger partial charge >= 0.3 is 0 Å². The Bertz CT molecular complexity index is 757. The summed E-state index contributed by atoms with van der Waals surface area (Å²) in [7, 11) is 0. The van der Waals surface area contributed by atoms with Crippen LogP contribution in [0.25, 0.3) is 5.57 Å². The molecule has 1 aromatic heterocycles.